The van der Waals surface area contributed by atoms with E-state index in [1.165, 1.54) is 0 Å². The van der Waals surface area contributed by atoms with Crippen molar-refractivity contribution in [3.8, 4) is 0 Å². The van der Waals surface area contributed by atoms with Crippen LogP contribution in [0.3, 0.4) is 0 Å². The van der Waals surface area contributed by atoms with E-state index in [0.29, 0.717) is 13.0 Å². The van der Waals surface area contributed by atoms with Gasteiger partial charge in [-0.2, -0.15) is 0 Å². The van der Waals surface area contributed by atoms with Gasteiger partial charge in [0, 0.05) is 33.1 Å². The van der Waals surface area contributed by atoms with E-state index in [1.807, 2.05) is 20.8 Å². The van der Waals surface area contributed by atoms with Gasteiger partial charge in [0.15, 0.2) is 0 Å². The van der Waals surface area contributed by atoms with Gasteiger partial charge >= 0.3 is 0 Å². The van der Waals surface area contributed by atoms with Gasteiger partial charge in [0.25, 0.3) is 0 Å². The van der Waals surface area contributed by atoms with E-state index < -0.39 is 0 Å². The molecule has 2 amide bonds. The standard InChI is InChI=1S/C12H25N3O2/c1-6-14-10(3)7-11(16)15(5)8-9(2)12(17)13-4/h9-10,14H,6-8H2,1-5H3,(H,13,17). The van der Waals surface area contributed by atoms with Gasteiger partial charge in [-0.1, -0.05) is 13.8 Å². The maximum absolute atomic E-state index is 11.8. The summed E-state index contributed by atoms with van der Waals surface area (Å²) >= 11 is 0. The molecule has 2 atom stereocenters. The molecule has 0 saturated heterocycles. The molecule has 5 heteroatoms. The molecule has 0 spiro atoms. The maximum Gasteiger partial charge on any atom is 0.224 e. The van der Waals surface area contributed by atoms with Gasteiger partial charge in [0.2, 0.25) is 11.8 Å². The highest BCUT2D eigenvalue weighted by atomic mass is 16.2. The average Bonchev–Trinajstić information content (AvgIpc) is 2.27. The fourth-order valence-corrected chi connectivity index (χ4v) is 1.68. The number of nitrogens with zero attached hydrogens (tertiary/aromatic N) is 1. The molecule has 0 aliphatic heterocycles. The molecule has 0 saturated carbocycles. The summed E-state index contributed by atoms with van der Waals surface area (Å²) in [7, 11) is 3.34. The molecule has 0 aliphatic rings. The van der Waals surface area contributed by atoms with Crippen LogP contribution in [0.5, 0.6) is 0 Å². The predicted molar refractivity (Wildman–Crippen MR) is 68.6 cm³/mol. The molecule has 0 aromatic carbocycles. The smallest absolute Gasteiger partial charge is 0.224 e. The third-order valence-electron chi connectivity index (χ3n) is 2.70. The highest BCUT2D eigenvalue weighted by Crippen LogP contribution is 2.02. The molecular weight excluding hydrogens is 218 g/mol. The Hall–Kier alpha value is -1.10. The number of carbonyl (C=O) groups excluding carboxylic acids is 2. The summed E-state index contributed by atoms with van der Waals surface area (Å²) in [5.74, 6) is -0.151. The van der Waals surface area contributed by atoms with Crippen LogP contribution in [-0.4, -0.2) is 49.9 Å². The van der Waals surface area contributed by atoms with E-state index in [4.69, 9.17) is 0 Å². The minimum absolute atomic E-state index is 0.0376. The maximum atomic E-state index is 11.8. The molecule has 2 N–H and O–H groups in total. The second kappa shape index (κ2) is 8.06. The van der Waals surface area contributed by atoms with Crippen LogP contribution in [0.1, 0.15) is 27.2 Å². The monoisotopic (exact) mass is 243 g/mol. The Labute approximate surface area is 104 Å². The van der Waals surface area contributed by atoms with Crippen molar-refractivity contribution in [3.05, 3.63) is 0 Å². The first kappa shape index (κ1) is 15.9. The van der Waals surface area contributed by atoms with Crippen molar-refractivity contribution in [2.45, 2.75) is 33.2 Å². The van der Waals surface area contributed by atoms with Gasteiger partial charge in [0.1, 0.15) is 0 Å². The Morgan fingerprint density at radius 2 is 1.88 bits per heavy atom. The Bertz CT molecular complexity index is 256. The molecule has 0 radical (unpaired) electrons. The lowest BCUT2D eigenvalue weighted by atomic mass is 10.1. The summed E-state index contributed by atoms with van der Waals surface area (Å²) in [5, 5.41) is 5.77. The predicted octanol–water partition coefficient (Wildman–Crippen LogP) is 0.215. The number of carbonyl (C=O) groups is 2. The largest absolute Gasteiger partial charge is 0.359 e. The third-order valence-corrected chi connectivity index (χ3v) is 2.70. The van der Waals surface area contributed by atoms with Crippen molar-refractivity contribution in [3.63, 3.8) is 0 Å². The number of rotatable bonds is 7. The molecule has 2 unspecified atom stereocenters. The molecule has 0 heterocycles. The summed E-state index contributed by atoms with van der Waals surface area (Å²) in [6.45, 7) is 7.12. The van der Waals surface area contributed by atoms with Crippen LogP contribution in [0.2, 0.25) is 0 Å². The molecule has 17 heavy (non-hydrogen) atoms. The highest BCUT2D eigenvalue weighted by molar-refractivity contribution is 5.80. The fraction of sp³-hybridized carbons (Fsp3) is 0.833. The van der Waals surface area contributed by atoms with E-state index in [1.54, 1.807) is 19.0 Å². The molecule has 0 aliphatic carbocycles. The van der Waals surface area contributed by atoms with Crippen molar-refractivity contribution >= 4 is 11.8 Å². The van der Waals surface area contributed by atoms with E-state index in [2.05, 4.69) is 10.6 Å². The van der Waals surface area contributed by atoms with Gasteiger partial charge in [-0.15, -0.1) is 0 Å². The third kappa shape index (κ3) is 6.26. The lowest BCUT2D eigenvalue weighted by Crippen LogP contribution is -2.39. The SMILES string of the molecule is CCNC(C)CC(=O)N(C)CC(C)C(=O)NC. The second-order valence-electron chi connectivity index (χ2n) is 4.45. The minimum Gasteiger partial charge on any atom is -0.359 e. The molecule has 0 bridgehead atoms. The molecule has 0 aromatic rings. The van der Waals surface area contributed by atoms with Crippen LogP contribution in [0.25, 0.3) is 0 Å². The summed E-state index contributed by atoms with van der Waals surface area (Å²) in [5.41, 5.74) is 0. The van der Waals surface area contributed by atoms with Gasteiger partial charge in [-0.05, 0) is 13.5 Å². The quantitative estimate of drug-likeness (QED) is 0.672. The normalized spacial score (nSPS) is 13.9. The van der Waals surface area contributed by atoms with E-state index in [0.717, 1.165) is 6.54 Å². The fourth-order valence-electron chi connectivity index (χ4n) is 1.68. The second-order valence-corrected chi connectivity index (χ2v) is 4.45. The Morgan fingerprint density at radius 3 is 2.35 bits per heavy atom. The Morgan fingerprint density at radius 1 is 1.29 bits per heavy atom. The van der Waals surface area contributed by atoms with Crippen molar-refractivity contribution in [1.29, 1.82) is 0 Å². The van der Waals surface area contributed by atoms with E-state index in [9.17, 15) is 9.59 Å². The van der Waals surface area contributed by atoms with Crippen molar-refractivity contribution < 1.29 is 9.59 Å². The highest BCUT2D eigenvalue weighted by Gasteiger charge is 2.18. The topological polar surface area (TPSA) is 61.4 Å². The zero-order chi connectivity index (χ0) is 13.4. The number of amides is 2. The number of hydrogen-bond acceptors (Lipinski definition) is 3. The van der Waals surface area contributed by atoms with Crippen LogP contribution in [-0.2, 0) is 9.59 Å². The minimum atomic E-state index is -0.177. The summed E-state index contributed by atoms with van der Waals surface area (Å²) in [4.78, 5) is 24.8. The molecule has 0 aromatic heterocycles. The zero-order valence-corrected chi connectivity index (χ0v) is 11.5. The summed E-state index contributed by atoms with van der Waals surface area (Å²) < 4.78 is 0. The number of nitrogens with one attached hydrogen (secondary N) is 2. The van der Waals surface area contributed by atoms with Crippen LogP contribution >= 0.6 is 0 Å². The van der Waals surface area contributed by atoms with Gasteiger partial charge < -0.3 is 15.5 Å². The van der Waals surface area contributed by atoms with Crippen molar-refractivity contribution in [2.75, 3.05) is 27.2 Å². The first-order chi connectivity index (χ1) is 7.92. The van der Waals surface area contributed by atoms with Gasteiger partial charge in [0.05, 0.1) is 5.92 Å². The lowest BCUT2D eigenvalue weighted by Gasteiger charge is -2.22. The Kier molecular flexibility index (Phi) is 7.54. The van der Waals surface area contributed by atoms with Gasteiger partial charge in [-0.3, -0.25) is 9.59 Å². The molecule has 0 fully saturated rings. The van der Waals surface area contributed by atoms with E-state index >= 15 is 0 Å². The van der Waals surface area contributed by atoms with Crippen LogP contribution < -0.4 is 10.6 Å². The van der Waals surface area contributed by atoms with Crippen molar-refractivity contribution in [2.24, 2.45) is 5.92 Å². The van der Waals surface area contributed by atoms with Gasteiger partial charge in [-0.25, -0.2) is 0 Å². The first-order valence-electron chi connectivity index (χ1n) is 6.11. The molecular formula is C12H25N3O2. The molecule has 100 valence electrons. The summed E-state index contributed by atoms with van der Waals surface area (Å²) in [6.07, 6.45) is 0.463. The Balaban J connectivity index is 4.09. The first-order valence-corrected chi connectivity index (χ1v) is 6.11. The van der Waals surface area contributed by atoms with Crippen LogP contribution in [0.4, 0.5) is 0 Å². The number of hydrogen-bond donors (Lipinski definition) is 2. The average molecular weight is 243 g/mol. The van der Waals surface area contributed by atoms with E-state index in [-0.39, 0.29) is 23.8 Å². The van der Waals surface area contributed by atoms with Crippen LogP contribution in [0, 0.1) is 5.92 Å². The van der Waals surface area contributed by atoms with Crippen LogP contribution in [0.15, 0.2) is 0 Å². The lowest BCUT2D eigenvalue weighted by molar-refractivity contribution is -0.132. The zero-order valence-electron chi connectivity index (χ0n) is 11.5. The molecule has 5 nitrogen and oxygen atoms in total. The van der Waals surface area contributed by atoms with Crippen molar-refractivity contribution in [1.82, 2.24) is 15.5 Å². The molecule has 0 rings (SSSR count). The summed E-state index contributed by atoms with van der Waals surface area (Å²) in [6, 6.07) is 0.172.